The van der Waals surface area contributed by atoms with Gasteiger partial charge in [0.2, 0.25) is 0 Å². The molecule has 20 heavy (non-hydrogen) atoms. The Bertz CT molecular complexity index is 594. The summed E-state index contributed by atoms with van der Waals surface area (Å²) >= 11 is 5.40. The molecule has 106 valence electrons. The molecule has 0 saturated carbocycles. The van der Waals surface area contributed by atoms with Crippen molar-refractivity contribution in [2.24, 2.45) is 0 Å². The molecule has 1 aromatic heterocycles. The molecule has 0 radical (unpaired) electrons. The Balaban J connectivity index is 1.91. The van der Waals surface area contributed by atoms with Gasteiger partial charge in [-0.25, -0.2) is 4.98 Å². The van der Waals surface area contributed by atoms with Crippen LogP contribution in [0.1, 0.15) is 42.8 Å². The average molecular weight is 351 g/mol. The summed E-state index contributed by atoms with van der Waals surface area (Å²) in [5, 5.41) is 4.82. The highest BCUT2D eigenvalue weighted by Crippen LogP contribution is 2.38. The molecule has 0 amide bonds. The van der Waals surface area contributed by atoms with Crippen molar-refractivity contribution in [2.45, 2.75) is 38.6 Å². The molecule has 0 spiro atoms. The van der Waals surface area contributed by atoms with Crippen molar-refractivity contribution in [3.8, 4) is 10.6 Å². The molecule has 1 aliphatic carbocycles. The van der Waals surface area contributed by atoms with Gasteiger partial charge in [-0.2, -0.15) is 0 Å². The second-order valence-electron chi connectivity index (χ2n) is 5.24. The van der Waals surface area contributed by atoms with Crippen molar-refractivity contribution >= 4 is 27.3 Å². The number of fused-ring (bicyclic) bond motifs is 1. The van der Waals surface area contributed by atoms with Crippen LogP contribution < -0.4 is 5.32 Å². The van der Waals surface area contributed by atoms with E-state index in [1.54, 1.807) is 0 Å². The summed E-state index contributed by atoms with van der Waals surface area (Å²) in [5.74, 6) is 0. The molecule has 0 bridgehead atoms. The van der Waals surface area contributed by atoms with Gasteiger partial charge in [0.1, 0.15) is 5.01 Å². The lowest BCUT2D eigenvalue weighted by Crippen LogP contribution is -2.24. The van der Waals surface area contributed by atoms with Gasteiger partial charge in [0.15, 0.2) is 0 Å². The van der Waals surface area contributed by atoms with Crippen molar-refractivity contribution < 1.29 is 0 Å². The van der Waals surface area contributed by atoms with Crippen molar-refractivity contribution in [1.82, 2.24) is 10.3 Å². The van der Waals surface area contributed by atoms with Crippen LogP contribution in [0.2, 0.25) is 0 Å². The largest absolute Gasteiger partial charge is 0.309 e. The minimum absolute atomic E-state index is 0.511. The van der Waals surface area contributed by atoms with Crippen molar-refractivity contribution in [2.75, 3.05) is 6.54 Å². The second-order valence-corrected chi connectivity index (χ2v) is 7.19. The third-order valence-corrected chi connectivity index (χ3v) is 5.42. The van der Waals surface area contributed by atoms with E-state index < -0.39 is 0 Å². The highest BCUT2D eigenvalue weighted by Gasteiger charge is 2.24. The predicted molar refractivity (Wildman–Crippen MR) is 89.2 cm³/mol. The summed E-state index contributed by atoms with van der Waals surface area (Å²) < 4.78 is 1.11. The van der Waals surface area contributed by atoms with E-state index in [0.29, 0.717) is 6.04 Å². The van der Waals surface area contributed by atoms with E-state index in [1.165, 1.54) is 35.4 Å². The van der Waals surface area contributed by atoms with E-state index in [9.17, 15) is 0 Å². The molecule has 4 heteroatoms. The molecule has 2 aromatic rings. The number of halogens is 1. The third-order valence-electron chi connectivity index (χ3n) is 3.66. The lowest BCUT2D eigenvalue weighted by Gasteiger charge is -2.22. The Kier molecular flexibility index (Phi) is 4.54. The Hall–Kier alpha value is -0.710. The maximum absolute atomic E-state index is 4.88. The minimum Gasteiger partial charge on any atom is -0.309 e. The predicted octanol–water partition coefficient (Wildman–Crippen LogP) is 4.95. The van der Waals surface area contributed by atoms with Gasteiger partial charge >= 0.3 is 0 Å². The molecular weight excluding hydrogens is 332 g/mol. The van der Waals surface area contributed by atoms with Crippen LogP contribution in [0.4, 0.5) is 0 Å². The van der Waals surface area contributed by atoms with E-state index >= 15 is 0 Å². The lowest BCUT2D eigenvalue weighted by atomic mass is 9.98. The maximum Gasteiger partial charge on any atom is 0.123 e. The van der Waals surface area contributed by atoms with Gasteiger partial charge in [-0.3, -0.25) is 0 Å². The first kappa shape index (κ1) is 14.2. The summed E-state index contributed by atoms with van der Waals surface area (Å²) in [6.07, 6.45) is 4.80. The topological polar surface area (TPSA) is 24.9 Å². The van der Waals surface area contributed by atoms with Gasteiger partial charge in [0.05, 0.1) is 5.69 Å². The van der Waals surface area contributed by atoms with Gasteiger partial charge < -0.3 is 5.32 Å². The van der Waals surface area contributed by atoms with E-state index in [1.807, 2.05) is 11.3 Å². The smallest absolute Gasteiger partial charge is 0.123 e. The highest BCUT2D eigenvalue weighted by atomic mass is 79.9. The molecule has 1 unspecified atom stereocenters. The summed E-state index contributed by atoms with van der Waals surface area (Å²) in [4.78, 5) is 6.34. The number of aryl methyl sites for hydroxylation is 1. The number of thiazole rings is 1. The van der Waals surface area contributed by atoms with Crippen LogP contribution in [-0.4, -0.2) is 11.5 Å². The summed E-state index contributed by atoms with van der Waals surface area (Å²) in [6, 6.07) is 8.94. The van der Waals surface area contributed by atoms with Crippen LogP contribution in [0.3, 0.4) is 0 Å². The van der Waals surface area contributed by atoms with Crippen LogP contribution >= 0.6 is 27.3 Å². The van der Waals surface area contributed by atoms with Crippen molar-refractivity contribution in [3.05, 3.63) is 39.3 Å². The zero-order chi connectivity index (χ0) is 13.9. The molecule has 1 atom stereocenters. The maximum atomic E-state index is 4.88. The minimum atomic E-state index is 0.511. The zero-order valence-corrected chi connectivity index (χ0v) is 14.1. The van der Waals surface area contributed by atoms with Crippen molar-refractivity contribution in [1.29, 1.82) is 0 Å². The zero-order valence-electron chi connectivity index (χ0n) is 11.7. The summed E-state index contributed by atoms with van der Waals surface area (Å²) in [5.41, 5.74) is 2.53. The Morgan fingerprint density at radius 1 is 1.45 bits per heavy atom. The number of benzene rings is 1. The van der Waals surface area contributed by atoms with E-state index in [0.717, 1.165) is 22.4 Å². The first-order valence-corrected chi connectivity index (χ1v) is 8.88. The quantitative estimate of drug-likeness (QED) is 0.843. The lowest BCUT2D eigenvalue weighted by molar-refractivity contribution is 0.465. The molecule has 1 heterocycles. The SMILES string of the molecule is CCCNC1CCCc2nc(-c3cccc(Br)c3)sc21. The van der Waals surface area contributed by atoms with Gasteiger partial charge in [-0.15, -0.1) is 11.3 Å². The molecule has 0 fully saturated rings. The molecule has 2 nitrogen and oxygen atoms in total. The fourth-order valence-corrected chi connectivity index (χ4v) is 4.30. The molecule has 0 aliphatic heterocycles. The van der Waals surface area contributed by atoms with E-state index in [2.05, 4.69) is 52.4 Å². The third kappa shape index (κ3) is 2.97. The van der Waals surface area contributed by atoms with E-state index in [-0.39, 0.29) is 0 Å². The Morgan fingerprint density at radius 2 is 2.35 bits per heavy atom. The fraction of sp³-hybridized carbons (Fsp3) is 0.438. The molecule has 1 aliphatic rings. The van der Waals surface area contributed by atoms with Crippen LogP contribution in [0.15, 0.2) is 28.7 Å². The van der Waals surface area contributed by atoms with Gasteiger partial charge in [-0.05, 0) is 44.4 Å². The molecule has 0 saturated heterocycles. The van der Waals surface area contributed by atoms with Crippen LogP contribution in [0.5, 0.6) is 0 Å². The molecular formula is C16H19BrN2S. The summed E-state index contributed by atoms with van der Waals surface area (Å²) in [7, 11) is 0. The van der Waals surface area contributed by atoms with Crippen molar-refractivity contribution in [3.63, 3.8) is 0 Å². The average Bonchev–Trinajstić information content (AvgIpc) is 2.89. The van der Waals surface area contributed by atoms with Gasteiger partial charge in [0.25, 0.3) is 0 Å². The molecule has 3 rings (SSSR count). The standard InChI is InChI=1S/C16H19BrN2S/c1-2-9-18-13-7-4-8-14-15(13)20-16(19-14)11-5-3-6-12(17)10-11/h3,5-6,10,13,18H,2,4,7-9H2,1H3. The number of nitrogens with one attached hydrogen (secondary N) is 1. The Labute approximate surface area is 132 Å². The highest BCUT2D eigenvalue weighted by molar-refractivity contribution is 9.10. The normalized spacial score (nSPS) is 18.0. The Morgan fingerprint density at radius 3 is 3.15 bits per heavy atom. The first-order valence-electron chi connectivity index (χ1n) is 7.27. The number of hydrogen-bond acceptors (Lipinski definition) is 3. The van der Waals surface area contributed by atoms with Crippen LogP contribution in [-0.2, 0) is 6.42 Å². The fourth-order valence-electron chi connectivity index (χ4n) is 2.68. The number of rotatable bonds is 4. The number of aromatic nitrogens is 1. The monoisotopic (exact) mass is 350 g/mol. The number of hydrogen-bond donors (Lipinski definition) is 1. The van der Waals surface area contributed by atoms with Gasteiger partial charge in [0, 0.05) is 21.0 Å². The first-order chi connectivity index (χ1) is 9.78. The molecule has 1 N–H and O–H groups in total. The van der Waals surface area contributed by atoms with Crippen LogP contribution in [0, 0.1) is 0 Å². The summed E-state index contributed by atoms with van der Waals surface area (Å²) in [6.45, 7) is 3.31. The van der Waals surface area contributed by atoms with Crippen LogP contribution in [0.25, 0.3) is 10.6 Å². The molecule has 1 aromatic carbocycles. The van der Waals surface area contributed by atoms with Gasteiger partial charge in [-0.1, -0.05) is 35.0 Å². The number of nitrogens with zero attached hydrogens (tertiary/aromatic N) is 1. The second kappa shape index (κ2) is 6.37. The van der Waals surface area contributed by atoms with E-state index in [4.69, 9.17) is 4.98 Å².